The number of hydrogen-bond acceptors (Lipinski definition) is 2. The summed E-state index contributed by atoms with van der Waals surface area (Å²) in [4.78, 5) is 7.08. The zero-order valence-electron chi connectivity index (χ0n) is 15.4. The molecule has 3 N–H and O–H groups in total. The van der Waals surface area contributed by atoms with Crippen LogP contribution >= 0.6 is 0 Å². The fourth-order valence-corrected chi connectivity index (χ4v) is 3.22. The van der Waals surface area contributed by atoms with Crippen molar-refractivity contribution in [3.8, 4) is 0 Å². The Hall–Kier alpha value is -2.33. The number of guanidine groups is 1. The number of nitrogens with one attached hydrogen (secondary N) is 1. The first-order valence-corrected chi connectivity index (χ1v) is 8.89. The first-order chi connectivity index (χ1) is 11.9. The molecule has 0 saturated carbocycles. The number of benzene rings is 2. The van der Waals surface area contributed by atoms with E-state index in [4.69, 9.17) is 5.73 Å². The molecule has 0 spiro atoms. The first-order valence-electron chi connectivity index (χ1n) is 8.89. The van der Waals surface area contributed by atoms with Crippen molar-refractivity contribution in [1.29, 1.82) is 0 Å². The third-order valence-electron chi connectivity index (χ3n) is 4.95. The third kappa shape index (κ3) is 4.40. The summed E-state index contributed by atoms with van der Waals surface area (Å²) < 4.78 is 0. The molecule has 0 amide bonds. The van der Waals surface area contributed by atoms with Gasteiger partial charge in [-0.05, 0) is 50.5 Å². The van der Waals surface area contributed by atoms with Gasteiger partial charge in [0.15, 0.2) is 5.96 Å². The minimum Gasteiger partial charge on any atom is -0.370 e. The summed E-state index contributed by atoms with van der Waals surface area (Å²) in [6.45, 7) is 9.25. The van der Waals surface area contributed by atoms with Crippen molar-refractivity contribution in [3.63, 3.8) is 0 Å². The lowest BCUT2D eigenvalue weighted by Crippen LogP contribution is -2.49. The number of aryl methyl sites for hydroxylation is 1. The molecule has 0 aromatic heterocycles. The van der Waals surface area contributed by atoms with Gasteiger partial charge < -0.3 is 11.1 Å². The van der Waals surface area contributed by atoms with Gasteiger partial charge in [-0.2, -0.15) is 0 Å². The van der Waals surface area contributed by atoms with Crippen molar-refractivity contribution >= 4 is 11.6 Å². The lowest BCUT2D eigenvalue weighted by molar-refractivity contribution is 0.112. The van der Waals surface area contributed by atoms with Crippen LogP contribution in [-0.4, -0.2) is 29.5 Å². The van der Waals surface area contributed by atoms with Crippen LogP contribution in [0.1, 0.15) is 30.5 Å². The maximum absolute atomic E-state index is 6.08. The van der Waals surface area contributed by atoms with Gasteiger partial charge in [-0.15, -0.1) is 0 Å². The molecule has 0 bridgehead atoms. The topological polar surface area (TPSA) is 53.6 Å². The summed E-state index contributed by atoms with van der Waals surface area (Å²) in [6.07, 6.45) is 1.10. The highest BCUT2D eigenvalue weighted by Gasteiger charge is 2.29. The predicted octanol–water partition coefficient (Wildman–Crippen LogP) is 3.56. The van der Waals surface area contributed by atoms with Crippen molar-refractivity contribution < 1.29 is 0 Å². The van der Waals surface area contributed by atoms with Gasteiger partial charge in [-0.3, -0.25) is 9.89 Å². The summed E-state index contributed by atoms with van der Waals surface area (Å²) in [5.41, 5.74) is 11.1. The molecule has 0 atom stereocenters. The largest absolute Gasteiger partial charge is 0.370 e. The Morgan fingerprint density at radius 2 is 1.80 bits per heavy atom. The molecule has 0 radical (unpaired) electrons. The van der Waals surface area contributed by atoms with E-state index < -0.39 is 0 Å². The Labute approximate surface area is 150 Å². The molecule has 2 aromatic carbocycles. The van der Waals surface area contributed by atoms with Crippen LogP contribution in [0.3, 0.4) is 0 Å². The second kappa shape index (κ2) is 7.28. The molecular formula is C21H28N4. The first kappa shape index (κ1) is 17.5. The van der Waals surface area contributed by atoms with Crippen molar-refractivity contribution in [1.82, 2.24) is 4.90 Å². The van der Waals surface area contributed by atoms with Crippen LogP contribution in [-0.2, 0) is 13.0 Å². The Balaban J connectivity index is 1.62. The van der Waals surface area contributed by atoms with Gasteiger partial charge in [0.1, 0.15) is 0 Å². The summed E-state index contributed by atoms with van der Waals surface area (Å²) in [5, 5.41) is 3.17. The maximum atomic E-state index is 6.08. The van der Waals surface area contributed by atoms with E-state index in [1.165, 1.54) is 16.7 Å². The average molecular weight is 336 g/mol. The second-order valence-electron chi connectivity index (χ2n) is 7.45. The molecule has 0 aliphatic carbocycles. The van der Waals surface area contributed by atoms with E-state index in [9.17, 15) is 0 Å². The molecule has 3 rings (SSSR count). The molecule has 0 unspecified atom stereocenters. The minimum absolute atomic E-state index is 0.0346. The van der Waals surface area contributed by atoms with Crippen molar-refractivity contribution in [3.05, 3.63) is 65.2 Å². The highest BCUT2D eigenvalue weighted by Crippen LogP contribution is 2.25. The summed E-state index contributed by atoms with van der Waals surface area (Å²) >= 11 is 0. The van der Waals surface area contributed by atoms with Gasteiger partial charge in [-0.1, -0.05) is 42.0 Å². The molecule has 4 heteroatoms. The molecule has 1 aliphatic heterocycles. The molecule has 0 saturated heterocycles. The Morgan fingerprint density at radius 1 is 1.12 bits per heavy atom. The fourth-order valence-electron chi connectivity index (χ4n) is 3.22. The molecule has 25 heavy (non-hydrogen) atoms. The maximum Gasteiger partial charge on any atom is 0.193 e. The zero-order chi connectivity index (χ0) is 17.9. The van der Waals surface area contributed by atoms with Crippen LogP contribution in [0.25, 0.3) is 0 Å². The van der Waals surface area contributed by atoms with Gasteiger partial charge in [0.2, 0.25) is 0 Å². The lowest BCUT2D eigenvalue weighted by atomic mass is 9.94. The van der Waals surface area contributed by atoms with Gasteiger partial charge in [0.25, 0.3) is 0 Å². The van der Waals surface area contributed by atoms with Crippen LogP contribution in [0.4, 0.5) is 5.69 Å². The van der Waals surface area contributed by atoms with Gasteiger partial charge in [0, 0.05) is 24.3 Å². The Bertz CT molecular complexity index is 747. The Morgan fingerprint density at radius 3 is 2.52 bits per heavy atom. The third-order valence-corrected chi connectivity index (χ3v) is 4.95. The number of aliphatic imine (C=N–C) groups is 1. The standard InChI is InChI=1S/C21H28N4/c1-16-8-10-19(11-9-16)24-20(22)23-15-21(2,3)25-13-12-17-6-4-5-7-18(17)14-25/h4-11H,12-15H2,1-3H3,(H3,22,23,24). The van der Waals surface area contributed by atoms with Gasteiger partial charge >= 0.3 is 0 Å². The molecule has 1 aliphatic rings. The number of anilines is 1. The molecule has 4 nitrogen and oxygen atoms in total. The molecule has 132 valence electrons. The number of fused-ring (bicyclic) bond motifs is 1. The normalized spacial score (nSPS) is 15.7. The zero-order valence-corrected chi connectivity index (χ0v) is 15.4. The van der Waals surface area contributed by atoms with Crippen molar-refractivity contribution in [2.45, 2.75) is 39.3 Å². The monoisotopic (exact) mass is 336 g/mol. The second-order valence-corrected chi connectivity index (χ2v) is 7.45. The number of rotatable bonds is 4. The Kier molecular flexibility index (Phi) is 5.09. The SMILES string of the molecule is Cc1ccc(NC(N)=NCC(C)(C)N2CCc3ccccc3C2)cc1. The van der Waals surface area contributed by atoms with E-state index in [0.717, 1.165) is 25.2 Å². The van der Waals surface area contributed by atoms with Gasteiger partial charge in [-0.25, -0.2) is 0 Å². The van der Waals surface area contributed by atoms with E-state index in [-0.39, 0.29) is 5.54 Å². The summed E-state index contributed by atoms with van der Waals surface area (Å²) in [5.74, 6) is 0.467. The quantitative estimate of drug-likeness (QED) is 0.663. The smallest absolute Gasteiger partial charge is 0.193 e. The number of hydrogen-bond donors (Lipinski definition) is 2. The number of nitrogens with two attached hydrogens (primary N) is 1. The average Bonchev–Trinajstić information content (AvgIpc) is 2.62. The van der Waals surface area contributed by atoms with Gasteiger partial charge in [0.05, 0.1) is 6.54 Å². The van der Waals surface area contributed by atoms with E-state index in [2.05, 4.69) is 72.4 Å². The summed E-state index contributed by atoms with van der Waals surface area (Å²) in [7, 11) is 0. The van der Waals surface area contributed by atoms with E-state index >= 15 is 0 Å². The van der Waals surface area contributed by atoms with Crippen LogP contribution in [0, 0.1) is 6.92 Å². The molecule has 0 fully saturated rings. The van der Waals surface area contributed by atoms with Crippen LogP contribution in [0.2, 0.25) is 0 Å². The highest BCUT2D eigenvalue weighted by molar-refractivity contribution is 5.92. The van der Waals surface area contributed by atoms with E-state index in [1.54, 1.807) is 0 Å². The van der Waals surface area contributed by atoms with Crippen LogP contribution in [0.5, 0.6) is 0 Å². The highest BCUT2D eigenvalue weighted by atomic mass is 15.2. The van der Waals surface area contributed by atoms with E-state index in [0.29, 0.717) is 12.5 Å². The fraction of sp³-hybridized carbons (Fsp3) is 0.381. The van der Waals surface area contributed by atoms with Crippen molar-refractivity contribution in [2.24, 2.45) is 10.7 Å². The van der Waals surface area contributed by atoms with E-state index in [1.807, 2.05) is 12.1 Å². The minimum atomic E-state index is -0.0346. The summed E-state index contributed by atoms with van der Waals surface area (Å²) in [6, 6.07) is 16.9. The molecular weight excluding hydrogens is 308 g/mol. The van der Waals surface area contributed by atoms with Crippen molar-refractivity contribution in [2.75, 3.05) is 18.4 Å². The lowest BCUT2D eigenvalue weighted by Gasteiger charge is -2.40. The van der Waals surface area contributed by atoms with Crippen LogP contribution in [0.15, 0.2) is 53.5 Å². The number of nitrogens with zero attached hydrogens (tertiary/aromatic N) is 2. The predicted molar refractivity (Wildman–Crippen MR) is 106 cm³/mol. The molecule has 1 heterocycles. The molecule has 2 aromatic rings. The van der Waals surface area contributed by atoms with Crippen LogP contribution < -0.4 is 11.1 Å².